The summed E-state index contributed by atoms with van der Waals surface area (Å²) in [5, 5.41) is 7.43. The lowest BCUT2D eigenvalue weighted by atomic mass is 9.85. The third kappa shape index (κ3) is 2.50. The standard InChI is InChI=1S/C19H22N2/c1-3-7-16-14(5-1)9-11-20-18(16)13-19-17-8-4-2-6-15(17)10-12-21-19/h1-8,18-21H,9-13H2/t18-,19-/m0/s1. The third-order valence-electron chi connectivity index (χ3n) is 4.90. The van der Waals surface area contributed by atoms with Gasteiger partial charge in [-0.3, -0.25) is 0 Å². The zero-order valence-corrected chi connectivity index (χ0v) is 12.3. The average molecular weight is 278 g/mol. The van der Waals surface area contributed by atoms with Crippen LogP contribution < -0.4 is 10.6 Å². The lowest BCUT2D eigenvalue weighted by molar-refractivity contribution is 0.384. The van der Waals surface area contributed by atoms with E-state index in [2.05, 4.69) is 59.2 Å². The van der Waals surface area contributed by atoms with Gasteiger partial charge in [0.05, 0.1) is 0 Å². The molecule has 0 bridgehead atoms. The predicted molar refractivity (Wildman–Crippen MR) is 86.4 cm³/mol. The molecule has 4 rings (SSSR count). The van der Waals surface area contributed by atoms with E-state index in [0.29, 0.717) is 12.1 Å². The van der Waals surface area contributed by atoms with Gasteiger partial charge in [0.1, 0.15) is 0 Å². The van der Waals surface area contributed by atoms with Gasteiger partial charge in [-0.2, -0.15) is 0 Å². The monoisotopic (exact) mass is 278 g/mol. The summed E-state index contributed by atoms with van der Waals surface area (Å²) in [6.45, 7) is 2.19. The van der Waals surface area contributed by atoms with Crippen LogP contribution in [-0.4, -0.2) is 13.1 Å². The first-order valence-electron chi connectivity index (χ1n) is 8.04. The number of rotatable bonds is 2. The quantitative estimate of drug-likeness (QED) is 0.882. The van der Waals surface area contributed by atoms with Crippen molar-refractivity contribution in [3.63, 3.8) is 0 Å². The molecule has 0 spiro atoms. The van der Waals surface area contributed by atoms with Crippen LogP contribution in [0.5, 0.6) is 0 Å². The minimum absolute atomic E-state index is 0.471. The second-order valence-corrected chi connectivity index (χ2v) is 6.15. The summed E-state index contributed by atoms with van der Waals surface area (Å²) in [7, 11) is 0. The van der Waals surface area contributed by atoms with E-state index < -0.39 is 0 Å². The van der Waals surface area contributed by atoms with Crippen molar-refractivity contribution >= 4 is 0 Å². The van der Waals surface area contributed by atoms with E-state index >= 15 is 0 Å². The van der Waals surface area contributed by atoms with Gasteiger partial charge >= 0.3 is 0 Å². The van der Waals surface area contributed by atoms with Gasteiger partial charge in [-0.1, -0.05) is 48.5 Å². The van der Waals surface area contributed by atoms with Crippen LogP contribution in [-0.2, 0) is 12.8 Å². The van der Waals surface area contributed by atoms with E-state index in [1.807, 2.05) is 0 Å². The summed E-state index contributed by atoms with van der Waals surface area (Å²) in [4.78, 5) is 0. The van der Waals surface area contributed by atoms with E-state index in [1.165, 1.54) is 22.3 Å². The van der Waals surface area contributed by atoms with Crippen molar-refractivity contribution in [2.45, 2.75) is 31.3 Å². The van der Waals surface area contributed by atoms with Crippen molar-refractivity contribution in [1.82, 2.24) is 10.6 Å². The van der Waals surface area contributed by atoms with Gasteiger partial charge in [-0.15, -0.1) is 0 Å². The van der Waals surface area contributed by atoms with Gasteiger partial charge in [0, 0.05) is 12.1 Å². The van der Waals surface area contributed by atoms with Gasteiger partial charge in [-0.25, -0.2) is 0 Å². The minimum atomic E-state index is 0.471. The van der Waals surface area contributed by atoms with Crippen LogP contribution in [0.2, 0.25) is 0 Å². The molecule has 2 heteroatoms. The Labute approximate surface area is 126 Å². The lowest BCUT2D eigenvalue weighted by Gasteiger charge is -2.33. The zero-order valence-electron chi connectivity index (χ0n) is 12.3. The van der Waals surface area contributed by atoms with Gasteiger partial charge in [-0.05, 0) is 54.6 Å². The Hall–Kier alpha value is -1.64. The minimum Gasteiger partial charge on any atom is -0.310 e. The van der Waals surface area contributed by atoms with E-state index in [4.69, 9.17) is 0 Å². The largest absolute Gasteiger partial charge is 0.310 e. The maximum Gasteiger partial charge on any atom is 0.0341 e. The molecule has 108 valence electrons. The van der Waals surface area contributed by atoms with E-state index in [0.717, 1.165) is 32.4 Å². The Kier molecular flexibility index (Phi) is 3.50. The molecule has 2 atom stereocenters. The molecule has 0 amide bonds. The number of fused-ring (bicyclic) bond motifs is 2. The van der Waals surface area contributed by atoms with Crippen molar-refractivity contribution in [1.29, 1.82) is 0 Å². The van der Waals surface area contributed by atoms with Crippen molar-refractivity contribution < 1.29 is 0 Å². The molecule has 0 radical (unpaired) electrons. The molecule has 2 heterocycles. The molecule has 2 N–H and O–H groups in total. The highest BCUT2D eigenvalue weighted by Gasteiger charge is 2.26. The summed E-state index contributed by atoms with van der Waals surface area (Å²) in [5.74, 6) is 0. The molecule has 0 fully saturated rings. The summed E-state index contributed by atoms with van der Waals surface area (Å²) in [5.41, 5.74) is 6.03. The van der Waals surface area contributed by atoms with Crippen LogP contribution in [0.4, 0.5) is 0 Å². The first-order chi connectivity index (χ1) is 10.4. The van der Waals surface area contributed by atoms with Crippen molar-refractivity contribution in [3.8, 4) is 0 Å². The fourth-order valence-electron chi connectivity index (χ4n) is 3.84. The fraction of sp³-hybridized carbons (Fsp3) is 0.368. The molecule has 2 aliphatic heterocycles. The summed E-state index contributed by atoms with van der Waals surface area (Å²) < 4.78 is 0. The Bertz CT molecular complexity index is 579. The normalized spacial score (nSPS) is 24.2. The SMILES string of the molecule is c1ccc2c(c1)CCN[C@H]2C[C@@H]1NCCc2ccccc21. The van der Waals surface area contributed by atoms with Crippen LogP contribution in [0, 0.1) is 0 Å². The molecule has 0 aromatic heterocycles. The Morgan fingerprint density at radius 2 is 1.19 bits per heavy atom. The zero-order chi connectivity index (χ0) is 14.1. The molecule has 21 heavy (non-hydrogen) atoms. The predicted octanol–water partition coefficient (Wildman–Crippen LogP) is 3.15. The van der Waals surface area contributed by atoms with E-state index in [-0.39, 0.29) is 0 Å². The van der Waals surface area contributed by atoms with Gasteiger partial charge in [0.25, 0.3) is 0 Å². The molecule has 2 aromatic rings. The smallest absolute Gasteiger partial charge is 0.0341 e. The molecular weight excluding hydrogens is 256 g/mol. The molecule has 0 unspecified atom stereocenters. The van der Waals surface area contributed by atoms with Crippen LogP contribution >= 0.6 is 0 Å². The molecule has 2 nitrogen and oxygen atoms in total. The Morgan fingerprint density at radius 1 is 0.714 bits per heavy atom. The number of nitrogens with one attached hydrogen (secondary N) is 2. The highest BCUT2D eigenvalue weighted by molar-refractivity contribution is 5.35. The van der Waals surface area contributed by atoms with Gasteiger partial charge in [0.2, 0.25) is 0 Å². The number of benzene rings is 2. The summed E-state index contributed by atoms with van der Waals surface area (Å²) >= 11 is 0. The molecular formula is C19H22N2. The third-order valence-corrected chi connectivity index (χ3v) is 4.90. The highest BCUT2D eigenvalue weighted by Crippen LogP contribution is 2.33. The maximum absolute atomic E-state index is 3.71. The lowest BCUT2D eigenvalue weighted by Crippen LogP contribution is -2.36. The van der Waals surface area contributed by atoms with E-state index in [9.17, 15) is 0 Å². The van der Waals surface area contributed by atoms with Crippen LogP contribution in [0.3, 0.4) is 0 Å². The van der Waals surface area contributed by atoms with Crippen molar-refractivity contribution in [2.24, 2.45) is 0 Å². The molecule has 0 aliphatic carbocycles. The molecule has 0 saturated carbocycles. The fourth-order valence-corrected chi connectivity index (χ4v) is 3.84. The molecule has 2 aromatic carbocycles. The number of hydrogen-bond donors (Lipinski definition) is 2. The first-order valence-corrected chi connectivity index (χ1v) is 8.04. The second-order valence-electron chi connectivity index (χ2n) is 6.15. The Morgan fingerprint density at radius 3 is 1.71 bits per heavy atom. The Balaban J connectivity index is 1.61. The van der Waals surface area contributed by atoms with Crippen molar-refractivity contribution in [2.75, 3.05) is 13.1 Å². The van der Waals surface area contributed by atoms with Crippen LogP contribution in [0.1, 0.15) is 40.8 Å². The van der Waals surface area contributed by atoms with Crippen LogP contribution in [0.25, 0.3) is 0 Å². The highest BCUT2D eigenvalue weighted by atomic mass is 15.0. The van der Waals surface area contributed by atoms with Crippen molar-refractivity contribution in [3.05, 3.63) is 70.8 Å². The topological polar surface area (TPSA) is 24.1 Å². The molecule has 2 aliphatic rings. The van der Waals surface area contributed by atoms with E-state index in [1.54, 1.807) is 0 Å². The summed E-state index contributed by atoms with van der Waals surface area (Å²) in [6, 6.07) is 18.8. The number of hydrogen-bond acceptors (Lipinski definition) is 2. The average Bonchev–Trinajstić information content (AvgIpc) is 2.56. The maximum atomic E-state index is 3.71. The van der Waals surface area contributed by atoms with Gasteiger partial charge in [0.15, 0.2) is 0 Å². The molecule has 0 saturated heterocycles. The van der Waals surface area contributed by atoms with Gasteiger partial charge < -0.3 is 10.6 Å². The first kappa shape index (κ1) is 13.1. The summed E-state index contributed by atoms with van der Waals surface area (Å²) in [6.07, 6.45) is 3.44. The second kappa shape index (κ2) is 5.63. The van der Waals surface area contributed by atoms with Crippen LogP contribution in [0.15, 0.2) is 48.5 Å².